The number of nitrogens with two attached hydrogens (primary N) is 1. The van der Waals surface area contributed by atoms with Crippen molar-refractivity contribution < 1.29 is 13.2 Å². The third kappa shape index (κ3) is 3.03. The van der Waals surface area contributed by atoms with Crippen LogP contribution in [0.5, 0.6) is 0 Å². The Bertz CT molecular complexity index is 377. The molecule has 2 saturated heterocycles. The van der Waals surface area contributed by atoms with Gasteiger partial charge in [-0.15, -0.1) is 0 Å². The minimum absolute atomic E-state index is 0.0376. The second-order valence-corrected chi connectivity index (χ2v) is 7.27. The fourth-order valence-electron chi connectivity index (χ4n) is 2.67. The zero-order valence-electron chi connectivity index (χ0n) is 11.1. The highest BCUT2D eigenvalue weighted by molar-refractivity contribution is 7.86. The van der Waals surface area contributed by atoms with E-state index in [2.05, 4.69) is 0 Å². The number of morpholine rings is 1. The summed E-state index contributed by atoms with van der Waals surface area (Å²) in [4.78, 5) is 0. The number of hydrogen-bond donors (Lipinski definition) is 1. The lowest BCUT2D eigenvalue weighted by Crippen LogP contribution is -2.56. The molecule has 3 atom stereocenters. The van der Waals surface area contributed by atoms with Gasteiger partial charge in [-0.3, -0.25) is 0 Å². The molecule has 0 radical (unpaired) electrons. The van der Waals surface area contributed by atoms with E-state index in [0.717, 1.165) is 12.8 Å². The standard InChI is InChI=1S/C11H23N3O3S/c1-9-6-14(7-10(2)17-9)18(15,16)13-5-3-4-11(12)8-13/h9-11H,3-8,12H2,1-2H3/t9?,10?,11-/m1/s1. The zero-order valence-corrected chi connectivity index (χ0v) is 11.9. The van der Waals surface area contributed by atoms with E-state index in [1.54, 1.807) is 0 Å². The summed E-state index contributed by atoms with van der Waals surface area (Å²) in [6.07, 6.45) is 1.64. The second-order valence-electron chi connectivity index (χ2n) is 5.34. The lowest BCUT2D eigenvalue weighted by atomic mass is 10.1. The normalized spacial score (nSPS) is 36.7. The molecule has 0 aromatic rings. The first-order valence-corrected chi connectivity index (χ1v) is 7.95. The lowest BCUT2D eigenvalue weighted by Gasteiger charge is -2.39. The molecule has 6 nitrogen and oxygen atoms in total. The maximum Gasteiger partial charge on any atom is 0.282 e. The first-order chi connectivity index (χ1) is 8.39. The van der Waals surface area contributed by atoms with E-state index in [0.29, 0.717) is 26.2 Å². The van der Waals surface area contributed by atoms with E-state index in [4.69, 9.17) is 10.5 Å². The largest absolute Gasteiger partial charge is 0.373 e. The summed E-state index contributed by atoms with van der Waals surface area (Å²) < 4.78 is 33.7. The highest BCUT2D eigenvalue weighted by Crippen LogP contribution is 2.20. The van der Waals surface area contributed by atoms with Crippen LogP contribution in [-0.2, 0) is 14.9 Å². The lowest BCUT2D eigenvalue weighted by molar-refractivity contribution is -0.0456. The molecule has 0 amide bonds. The number of rotatable bonds is 2. The summed E-state index contributed by atoms with van der Waals surface area (Å²) in [5.41, 5.74) is 5.86. The molecular weight excluding hydrogens is 254 g/mol. The Balaban J connectivity index is 2.09. The Hall–Kier alpha value is -0.210. The molecule has 2 unspecified atom stereocenters. The van der Waals surface area contributed by atoms with E-state index < -0.39 is 10.2 Å². The van der Waals surface area contributed by atoms with Gasteiger partial charge in [0.15, 0.2) is 0 Å². The Morgan fingerprint density at radius 3 is 2.28 bits per heavy atom. The molecule has 2 rings (SSSR count). The van der Waals surface area contributed by atoms with Crippen molar-refractivity contribution in [2.75, 3.05) is 26.2 Å². The molecular formula is C11H23N3O3S. The Morgan fingerprint density at radius 1 is 1.11 bits per heavy atom. The number of nitrogens with zero attached hydrogens (tertiary/aromatic N) is 2. The smallest absolute Gasteiger partial charge is 0.282 e. The molecule has 7 heteroatoms. The topological polar surface area (TPSA) is 75.9 Å². The monoisotopic (exact) mass is 277 g/mol. The van der Waals surface area contributed by atoms with Crippen molar-refractivity contribution >= 4 is 10.2 Å². The van der Waals surface area contributed by atoms with Crippen molar-refractivity contribution in [2.24, 2.45) is 5.73 Å². The second kappa shape index (κ2) is 5.42. The van der Waals surface area contributed by atoms with Gasteiger partial charge in [0.2, 0.25) is 0 Å². The molecule has 2 heterocycles. The Kier molecular flexibility index (Phi) is 4.28. The average molecular weight is 277 g/mol. The molecule has 2 N–H and O–H groups in total. The fourth-order valence-corrected chi connectivity index (χ4v) is 4.53. The van der Waals surface area contributed by atoms with Crippen LogP contribution in [0.1, 0.15) is 26.7 Å². The molecule has 0 spiro atoms. The number of piperidine rings is 1. The summed E-state index contributed by atoms with van der Waals surface area (Å²) >= 11 is 0. The summed E-state index contributed by atoms with van der Waals surface area (Å²) in [7, 11) is -3.38. The van der Waals surface area contributed by atoms with E-state index in [1.807, 2.05) is 13.8 Å². The average Bonchev–Trinajstić information content (AvgIpc) is 2.27. The maximum absolute atomic E-state index is 12.5. The highest BCUT2D eigenvalue weighted by Gasteiger charge is 2.36. The van der Waals surface area contributed by atoms with Crippen LogP contribution < -0.4 is 5.73 Å². The minimum atomic E-state index is -3.38. The van der Waals surface area contributed by atoms with E-state index in [9.17, 15) is 8.42 Å². The maximum atomic E-state index is 12.5. The van der Waals surface area contributed by atoms with Gasteiger partial charge in [0, 0.05) is 32.2 Å². The van der Waals surface area contributed by atoms with Gasteiger partial charge in [-0.2, -0.15) is 17.0 Å². The van der Waals surface area contributed by atoms with Gasteiger partial charge < -0.3 is 10.5 Å². The SMILES string of the molecule is CC1CN(S(=O)(=O)N2CCC[C@@H](N)C2)CC(C)O1. The molecule has 0 aliphatic carbocycles. The van der Waals surface area contributed by atoms with Gasteiger partial charge in [-0.05, 0) is 26.7 Å². The van der Waals surface area contributed by atoms with Crippen molar-refractivity contribution in [3.05, 3.63) is 0 Å². The minimum Gasteiger partial charge on any atom is -0.373 e. The molecule has 0 bridgehead atoms. The van der Waals surface area contributed by atoms with Crippen LogP contribution >= 0.6 is 0 Å². The van der Waals surface area contributed by atoms with Gasteiger partial charge in [0.05, 0.1) is 12.2 Å². The first-order valence-electron chi connectivity index (χ1n) is 6.56. The van der Waals surface area contributed by atoms with Crippen molar-refractivity contribution in [1.82, 2.24) is 8.61 Å². The molecule has 106 valence electrons. The molecule has 0 aromatic carbocycles. The van der Waals surface area contributed by atoms with Crippen LogP contribution in [0.3, 0.4) is 0 Å². The summed E-state index contributed by atoms with van der Waals surface area (Å²) in [5, 5.41) is 0. The Labute approximate surface area is 109 Å². The molecule has 0 aromatic heterocycles. The molecule has 18 heavy (non-hydrogen) atoms. The van der Waals surface area contributed by atoms with Crippen LogP contribution in [0, 0.1) is 0 Å². The van der Waals surface area contributed by atoms with E-state index >= 15 is 0 Å². The third-order valence-electron chi connectivity index (χ3n) is 3.46. The van der Waals surface area contributed by atoms with Gasteiger partial charge >= 0.3 is 0 Å². The van der Waals surface area contributed by atoms with E-state index in [1.165, 1.54) is 8.61 Å². The molecule has 0 saturated carbocycles. The van der Waals surface area contributed by atoms with Gasteiger partial charge in [0.1, 0.15) is 0 Å². The van der Waals surface area contributed by atoms with Crippen molar-refractivity contribution in [1.29, 1.82) is 0 Å². The summed E-state index contributed by atoms with van der Waals surface area (Å²) in [6, 6.07) is -0.0376. The fraction of sp³-hybridized carbons (Fsp3) is 1.00. The molecule has 2 aliphatic heterocycles. The summed E-state index contributed by atoms with van der Waals surface area (Å²) in [6.45, 7) is 5.68. The number of ether oxygens (including phenoxy) is 1. The van der Waals surface area contributed by atoms with Gasteiger partial charge in [-0.25, -0.2) is 0 Å². The quantitative estimate of drug-likeness (QED) is 0.756. The van der Waals surface area contributed by atoms with Gasteiger partial charge in [0.25, 0.3) is 10.2 Å². The zero-order chi connectivity index (χ0) is 13.3. The van der Waals surface area contributed by atoms with Crippen LogP contribution in [0.4, 0.5) is 0 Å². The van der Waals surface area contributed by atoms with Crippen molar-refractivity contribution in [3.63, 3.8) is 0 Å². The number of hydrogen-bond acceptors (Lipinski definition) is 4. The molecule has 2 aliphatic rings. The third-order valence-corrected chi connectivity index (χ3v) is 5.39. The Morgan fingerprint density at radius 2 is 1.72 bits per heavy atom. The van der Waals surface area contributed by atoms with E-state index in [-0.39, 0.29) is 18.2 Å². The van der Waals surface area contributed by atoms with Crippen LogP contribution in [-0.4, -0.2) is 61.5 Å². The predicted octanol–water partition coefficient (Wildman–Crippen LogP) is -0.236. The van der Waals surface area contributed by atoms with Crippen LogP contribution in [0.2, 0.25) is 0 Å². The highest BCUT2D eigenvalue weighted by atomic mass is 32.2. The van der Waals surface area contributed by atoms with Crippen LogP contribution in [0.25, 0.3) is 0 Å². The van der Waals surface area contributed by atoms with Crippen molar-refractivity contribution in [3.8, 4) is 0 Å². The molecule has 2 fully saturated rings. The predicted molar refractivity (Wildman–Crippen MR) is 69.3 cm³/mol. The van der Waals surface area contributed by atoms with Crippen molar-refractivity contribution in [2.45, 2.75) is 44.9 Å². The summed E-state index contributed by atoms with van der Waals surface area (Å²) in [5.74, 6) is 0. The van der Waals surface area contributed by atoms with Gasteiger partial charge in [-0.1, -0.05) is 0 Å². The first kappa shape index (κ1) is 14.2. The van der Waals surface area contributed by atoms with Crippen LogP contribution in [0.15, 0.2) is 0 Å².